The van der Waals surface area contributed by atoms with Gasteiger partial charge in [0.15, 0.2) is 0 Å². The first-order chi connectivity index (χ1) is 8.45. The van der Waals surface area contributed by atoms with E-state index in [9.17, 15) is 13.6 Å². The topological polar surface area (TPSA) is 49.3 Å². The number of carboxylic acid groups (broad SMARTS) is 1. The molecule has 18 heavy (non-hydrogen) atoms. The second-order valence-electron chi connectivity index (χ2n) is 4.06. The highest BCUT2D eigenvalue weighted by Crippen LogP contribution is 2.21. The summed E-state index contributed by atoms with van der Waals surface area (Å²) in [6.45, 7) is 2.39. The highest BCUT2D eigenvalue weighted by molar-refractivity contribution is 7.98. The minimum absolute atomic E-state index is 0.262. The molecule has 0 spiro atoms. The van der Waals surface area contributed by atoms with Crippen LogP contribution in [-0.4, -0.2) is 29.6 Å². The van der Waals surface area contributed by atoms with Gasteiger partial charge in [0.2, 0.25) is 0 Å². The molecule has 0 aliphatic heterocycles. The zero-order chi connectivity index (χ0) is 13.7. The monoisotopic (exact) mass is 275 g/mol. The number of halogens is 2. The van der Waals surface area contributed by atoms with E-state index in [1.807, 2.05) is 13.2 Å². The normalized spacial score (nSPS) is 12.2. The lowest BCUT2D eigenvalue weighted by molar-refractivity contribution is 0.0696. The maximum atomic E-state index is 13.5. The standard InChI is InChI=1S/C12H15F2NO2S/c1-7(6-18-2)5-15-11-9(13)3-8(12(16)17)4-10(11)14/h3-4,7,15H,5-6H2,1-2H3,(H,16,17). The molecule has 100 valence electrons. The molecule has 0 radical (unpaired) electrons. The SMILES string of the molecule is CSCC(C)CNc1c(F)cc(C(=O)O)cc1F. The molecular formula is C12H15F2NO2S. The van der Waals surface area contributed by atoms with Crippen molar-refractivity contribution in [2.75, 3.05) is 23.9 Å². The van der Waals surface area contributed by atoms with Gasteiger partial charge in [-0.2, -0.15) is 11.8 Å². The average Bonchev–Trinajstić information content (AvgIpc) is 2.27. The summed E-state index contributed by atoms with van der Waals surface area (Å²) in [6.07, 6.45) is 1.96. The van der Waals surface area contributed by atoms with Crippen LogP contribution in [0, 0.1) is 17.6 Å². The fraction of sp³-hybridized carbons (Fsp3) is 0.417. The summed E-state index contributed by atoms with van der Waals surface area (Å²) < 4.78 is 27.1. The van der Waals surface area contributed by atoms with E-state index in [1.165, 1.54) is 0 Å². The molecule has 1 aromatic rings. The van der Waals surface area contributed by atoms with E-state index < -0.39 is 23.2 Å². The van der Waals surface area contributed by atoms with E-state index in [2.05, 4.69) is 5.32 Å². The van der Waals surface area contributed by atoms with E-state index in [1.54, 1.807) is 11.8 Å². The predicted molar refractivity (Wildman–Crippen MR) is 69.4 cm³/mol. The number of hydrogen-bond donors (Lipinski definition) is 2. The first kappa shape index (κ1) is 14.8. The number of hydrogen-bond acceptors (Lipinski definition) is 3. The smallest absolute Gasteiger partial charge is 0.335 e. The van der Waals surface area contributed by atoms with Crippen molar-refractivity contribution in [3.8, 4) is 0 Å². The minimum Gasteiger partial charge on any atom is -0.478 e. The first-order valence-corrected chi connectivity index (χ1v) is 6.80. The van der Waals surface area contributed by atoms with Crippen LogP contribution < -0.4 is 5.32 Å². The number of carbonyl (C=O) groups is 1. The average molecular weight is 275 g/mol. The summed E-state index contributed by atoms with van der Waals surface area (Å²) in [5, 5.41) is 11.3. The number of thioether (sulfide) groups is 1. The van der Waals surface area contributed by atoms with Crippen LogP contribution in [0.4, 0.5) is 14.5 Å². The molecule has 1 unspecified atom stereocenters. The fourth-order valence-corrected chi connectivity index (χ4v) is 2.17. The number of benzene rings is 1. The maximum absolute atomic E-state index is 13.5. The minimum atomic E-state index is -1.35. The molecular weight excluding hydrogens is 260 g/mol. The Kier molecular flexibility index (Phi) is 5.40. The van der Waals surface area contributed by atoms with Gasteiger partial charge in [-0.3, -0.25) is 0 Å². The summed E-state index contributed by atoms with van der Waals surface area (Å²) in [5.41, 5.74) is -0.666. The van der Waals surface area contributed by atoms with Crippen molar-refractivity contribution in [3.63, 3.8) is 0 Å². The van der Waals surface area contributed by atoms with Crippen molar-refractivity contribution in [1.29, 1.82) is 0 Å². The molecule has 0 fully saturated rings. The first-order valence-electron chi connectivity index (χ1n) is 5.40. The summed E-state index contributed by atoms with van der Waals surface area (Å²) in [7, 11) is 0. The van der Waals surface area contributed by atoms with Crippen molar-refractivity contribution < 1.29 is 18.7 Å². The van der Waals surface area contributed by atoms with Crippen LogP contribution in [0.5, 0.6) is 0 Å². The molecule has 0 amide bonds. The van der Waals surface area contributed by atoms with Gasteiger partial charge in [0.05, 0.1) is 5.56 Å². The summed E-state index contributed by atoms with van der Waals surface area (Å²) in [6, 6.07) is 1.62. The third-order valence-corrected chi connectivity index (χ3v) is 3.27. The zero-order valence-corrected chi connectivity index (χ0v) is 11.0. The van der Waals surface area contributed by atoms with Gasteiger partial charge in [-0.25, -0.2) is 13.6 Å². The molecule has 0 saturated carbocycles. The molecule has 3 nitrogen and oxygen atoms in total. The van der Waals surface area contributed by atoms with Gasteiger partial charge in [-0.15, -0.1) is 0 Å². The summed E-state index contributed by atoms with van der Waals surface area (Å²) in [5.74, 6) is -1.98. The van der Waals surface area contributed by atoms with Crippen LogP contribution in [0.3, 0.4) is 0 Å². The Morgan fingerprint density at radius 1 is 1.44 bits per heavy atom. The summed E-state index contributed by atoms with van der Waals surface area (Å²) in [4.78, 5) is 10.6. The van der Waals surface area contributed by atoms with Crippen LogP contribution in [0.2, 0.25) is 0 Å². The Bertz CT molecular complexity index is 417. The number of anilines is 1. The van der Waals surface area contributed by atoms with E-state index in [4.69, 9.17) is 5.11 Å². The molecule has 0 heterocycles. The van der Waals surface area contributed by atoms with Crippen molar-refractivity contribution in [3.05, 3.63) is 29.3 Å². The van der Waals surface area contributed by atoms with Crippen molar-refractivity contribution in [1.82, 2.24) is 0 Å². The quantitative estimate of drug-likeness (QED) is 0.837. The van der Waals surface area contributed by atoms with Gasteiger partial charge in [0, 0.05) is 6.54 Å². The molecule has 1 rings (SSSR count). The largest absolute Gasteiger partial charge is 0.478 e. The number of aromatic carboxylic acids is 1. The Morgan fingerprint density at radius 3 is 2.44 bits per heavy atom. The van der Waals surface area contributed by atoms with E-state index in [-0.39, 0.29) is 11.6 Å². The Labute approximate surface area is 109 Å². The molecule has 0 aliphatic rings. The highest BCUT2D eigenvalue weighted by Gasteiger charge is 2.15. The lowest BCUT2D eigenvalue weighted by atomic mass is 10.1. The van der Waals surface area contributed by atoms with Crippen LogP contribution in [0.25, 0.3) is 0 Å². The number of rotatable bonds is 6. The third-order valence-electron chi connectivity index (χ3n) is 2.37. The van der Waals surface area contributed by atoms with Crippen molar-refractivity contribution in [2.24, 2.45) is 5.92 Å². The van der Waals surface area contributed by atoms with Gasteiger partial charge < -0.3 is 10.4 Å². The molecule has 1 atom stereocenters. The van der Waals surface area contributed by atoms with Crippen molar-refractivity contribution >= 4 is 23.4 Å². The van der Waals surface area contributed by atoms with Gasteiger partial charge in [0.25, 0.3) is 0 Å². The van der Waals surface area contributed by atoms with E-state index in [0.29, 0.717) is 6.54 Å². The molecule has 0 aromatic heterocycles. The lowest BCUT2D eigenvalue weighted by Crippen LogP contribution is -2.15. The van der Waals surface area contributed by atoms with E-state index in [0.717, 1.165) is 17.9 Å². The fourth-order valence-electron chi connectivity index (χ4n) is 1.49. The summed E-state index contributed by atoms with van der Waals surface area (Å²) >= 11 is 1.65. The highest BCUT2D eigenvalue weighted by atomic mass is 32.2. The van der Waals surface area contributed by atoms with Gasteiger partial charge in [0.1, 0.15) is 17.3 Å². The number of nitrogens with one attached hydrogen (secondary N) is 1. The Hall–Kier alpha value is -1.30. The van der Waals surface area contributed by atoms with E-state index >= 15 is 0 Å². The van der Waals surface area contributed by atoms with Crippen LogP contribution >= 0.6 is 11.8 Å². The Morgan fingerprint density at radius 2 is 2.00 bits per heavy atom. The van der Waals surface area contributed by atoms with Crippen LogP contribution in [-0.2, 0) is 0 Å². The maximum Gasteiger partial charge on any atom is 0.335 e. The predicted octanol–water partition coefficient (Wildman–Crippen LogP) is 3.07. The molecule has 2 N–H and O–H groups in total. The van der Waals surface area contributed by atoms with Gasteiger partial charge in [-0.05, 0) is 30.1 Å². The Balaban J connectivity index is 2.81. The lowest BCUT2D eigenvalue weighted by Gasteiger charge is -2.13. The number of carboxylic acids is 1. The molecule has 0 saturated heterocycles. The van der Waals surface area contributed by atoms with Crippen LogP contribution in [0.1, 0.15) is 17.3 Å². The zero-order valence-electron chi connectivity index (χ0n) is 10.2. The van der Waals surface area contributed by atoms with Gasteiger partial charge in [-0.1, -0.05) is 6.92 Å². The molecule has 0 bridgehead atoms. The molecule has 1 aromatic carbocycles. The third kappa shape index (κ3) is 3.87. The van der Waals surface area contributed by atoms with Gasteiger partial charge >= 0.3 is 5.97 Å². The molecule has 6 heteroatoms. The second kappa shape index (κ2) is 6.58. The van der Waals surface area contributed by atoms with Crippen LogP contribution in [0.15, 0.2) is 12.1 Å². The second-order valence-corrected chi connectivity index (χ2v) is 4.97. The molecule has 0 aliphatic carbocycles. The van der Waals surface area contributed by atoms with Crippen molar-refractivity contribution in [2.45, 2.75) is 6.92 Å².